The average molecular weight is 538 g/mol. The quantitative estimate of drug-likeness (QED) is 0.307. The number of carbonyl (C=O) groups is 2. The molecule has 0 unspecified atom stereocenters. The molecule has 0 aliphatic carbocycles. The Morgan fingerprint density at radius 3 is 2.48 bits per heavy atom. The highest BCUT2D eigenvalue weighted by Crippen LogP contribution is 2.32. The third-order valence-corrected chi connectivity index (χ3v) is 7.29. The van der Waals surface area contributed by atoms with E-state index in [1.54, 1.807) is 21.5 Å². The van der Waals surface area contributed by atoms with Crippen LogP contribution in [-0.2, 0) is 4.74 Å². The van der Waals surface area contributed by atoms with Gasteiger partial charge in [0.05, 0.1) is 22.3 Å². The lowest BCUT2D eigenvalue weighted by molar-refractivity contribution is 0.0203. The number of aromatic nitrogens is 3. The van der Waals surface area contributed by atoms with E-state index in [1.165, 1.54) is 0 Å². The van der Waals surface area contributed by atoms with Crippen LogP contribution >= 0.6 is 0 Å². The number of likely N-dealkylation sites (tertiary alicyclic amines) is 1. The fourth-order valence-electron chi connectivity index (χ4n) is 5.39. The average Bonchev–Trinajstić information content (AvgIpc) is 3.31. The lowest BCUT2D eigenvalue weighted by atomic mass is 9.93. The van der Waals surface area contributed by atoms with Gasteiger partial charge in [0.15, 0.2) is 0 Å². The number of amides is 2. The predicted octanol–water partition coefficient (Wildman–Crippen LogP) is 5.70. The molecule has 1 aliphatic heterocycles. The molecule has 2 amide bonds. The molecule has 3 heterocycles. The van der Waals surface area contributed by atoms with Crippen LogP contribution in [0.25, 0.3) is 27.3 Å². The number of ether oxygens (including phenoxy) is 1. The van der Waals surface area contributed by atoms with Crippen LogP contribution in [0.2, 0.25) is 0 Å². The van der Waals surface area contributed by atoms with E-state index in [2.05, 4.69) is 10.3 Å². The fourth-order valence-corrected chi connectivity index (χ4v) is 5.39. The number of benzene rings is 3. The summed E-state index contributed by atoms with van der Waals surface area (Å²) in [5.41, 5.74) is 2.28. The van der Waals surface area contributed by atoms with Gasteiger partial charge in [-0.05, 0) is 68.7 Å². The number of aromatic amines is 1. The first-order valence-electron chi connectivity index (χ1n) is 13.5. The highest BCUT2D eigenvalue weighted by atomic mass is 16.6. The van der Waals surface area contributed by atoms with Crippen molar-refractivity contribution >= 4 is 45.0 Å². The Morgan fingerprint density at radius 2 is 1.73 bits per heavy atom. The number of anilines is 1. The summed E-state index contributed by atoms with van der Waals surface area (Å²) in [5, 5.41) is 10.5. The van der Waals surface area contributed by atoms with Crippen LogP contribution < -0.4 is 10.9 Å². The lowest BCUT2D eigenvalue weighted by Crippen LogP contribution is -2.41. The van der Waals surface area contributed by atoms with Crippen LogP contribution in [-0.4, -0.2) is 50.2 Å². The first-order chi connectivity index (χ1) is 19.2. The molecule has 9 heteroatoms. The van der Waals surface area contributed by atoms with Gasteiger partial charge in [-0.2, -0.15) is 5.10 Å². The largest absolute Gasteiger partial charge is 0.444 e. The molecule has 6 rings (SSSR count). The molecule has 9 nitrogen and oxygen atoms in total. The van der Waals surface area contributed by atoms with E-state index < -0.39 is 5.60 Å². The Kier molecular flexibility index (Phi) is 6.29. The number of rotatable bonds is 3. The van der Waals surface area contributed by atoms with Crippen LogP contribution in [0.5, 0.6) is 0 Å². The number of piperidine rings is 1. The van der Waals surface area contributed by atoms with Gasteiger partial charge in [-0.1, -0.05) is 36.4 Å². The van der Waals surface area contributed by atoms with Crippen molar-refractivity contribution in [2.45, 2.75) is 45.1 Å². The smallest absolute Gasteiger partial charge is 0.410 e. The number of nitrogens with zero attached hydrogens (tertiary/aromatic N) is 3. The molecule has 0 radical (unpaired) electrons. The molecule has 1 aliphatic rings. The molecule has 40 heavy (non-hydrogen) atoms. The molecule has 0 bridgehead atoms. The van der Waals surface area contributed by atoms with Crippen LogP contribution in [0.15, 0.2) is 71.5 Å². The van der Waals surface area contributed by atoms with Crippen molar-refractivity contribution in [1.29, 1.82) is 0 Å². The first-order valence-corrected chi connectivity index (χ1v) is 13.5. The summed E-state index contributed by atoms with van der Waals surface area (Å²) in [4.78, 5) is 43.3. The molecule has 2 aromatic heterocycles. The SMILES string of the molecule is CC(C)(C)OC(=O)N1CCC(c2cc(=O)[nH]c3c4c(NC(=O)c5ccc6ccccc6c5)cccc4nn23)CC1. The molecular formula is C31H31N5O4. The van der Waals surface area contributed by atoms with Crippen LogP contribution in [0.3, 0.4) is 0 Å². The summed E-state index contributed by atoms with van der Waals surface area (Å²) < 4.78 is 7.29. The van der Waals surface area contributed by atoms with E-state index in [9.17, 15) is 14.4 Å². The number of carbonyl (C=O) groups excluding carboxylic acids is 2. The molecule has 2 N–H and O–H groups in total. The maximum atomic E-state index is 13.3. The summed E-state index contributed by atoms with van der Waals surface area (Å²) >= 11 is 0. The van der Waals surface area contributed by atoms with Gasteiger partial charge >= 0.3 is 6.09 Å². The second-order valence-corrected chi connectivity index (χ2v) is 11.3. The molecule has 0 saturated carbocycles. The van der Waals surface area contributed by atoms with Crippen molar-refractivity contribution in [2.24, 2.45) is 0 Å². The summed E-state index contributed by atoms with van der Waals surface area (Å²) in [6.45, 7) is 6.62. The number of H-pyrrole nitrogens is 1. The Bertz CT molecular complexity index is 1820. The minimum Gasteiger partial charge on any atom is -0.444 e. The molecule has 5 aromatic rings. The maximum absolute atomic E-state index is 13.3. The van der Waals surface area contributed by atoms with Crippen molar-refractivity contribution in [3.05, 3.63) is 88.3 Å². The van der Waals surface area contributed by atoms with E-state index in [-0.39, 0.29) is 23.5 Å². The highest BCUT2D eigenvalue weighted by Gasteiger charge is 2.29. The maximum Gasteiger partial charge on any atom is 0.410 e. The highest BCUT2D eigenvalue weighted by molar-refractivity contribution is 6.12. The van der Waals surface area contributed by atoms with E-state index in [4.69, 9.17) is 9.84 Å². The van der Waals surface area contributed by atoms with Crippen LogP contribution in [0.1, 0.15) is 55.6 Å². The zero-order valence-corrected chi connectivity index (χ0v) is 22.7. The second-order valence-electron chi connectivity index (χ2n) is 11.3. The Labute approximate surface area is 230 Å². The van der Waals surface area contributed by atoms with Crippen molar-refractivity contribution in [3.8, 4) is 0 Å². The summed E-state index contributed by atoms with van der Waals surface area (Å²) in [7, 11) is 0. The Hall–Kier alpha value is -4.66. The molecule has 0 spiro atoms. The van der Waals surface area contributed by atoms with E-state index in [0.717, 1.165) is 16.5 Å². The molecule has 1 fully saturated rings. The molecule has 0 atom stereocenters. The Morgan fingerprint density at radius 1 is 0.975 bits per heavy atom. The van der Waals surface area contributed by atoms with Crippen LogP contribution in [0, 0.1) is 0 Å². The van der Waals surface area contributed by atoms with E-state index in [0.29, 0.717) is 53.7 Å². The topological polar surface area (TPSA) is 109 Å². The van der Waals surface area contributed by atoms with Gasteiger partial charge < -0.3 is 19.9 Å². The number of nitrogens with one attached hydrogen (secondary N) is 2. The van der Waals surface area contributed by atoms with Crippen molar-refractivity contribution in [2.75, 3.05) is 18.4 Å². The van der Waals surface area contributed by atoms with Gasteiger partial charge in [-0.25, -0.2) is 9.31 Å². The predicted molar refractivity (Wildman–Crippen MR) is 155 cm³/mol. The number of hydrogen-bond donors (Lipinski definition) is 2. The van der Waals surface area contributed by atoms with Gasteiger partial charge in [0.1, 0.15) is 11.2 Å². The molecule has 204 valence electrons. The number of hydrogen-bond acceptors (Lipinski definition) is 5. The zero-order valence-electron chi connectivity index (χ0n) is 22.7. The summed E-state index contributed by atoms with van der Waals surface area (Å²) in [6, 6.07) is 20.6. The monoisotopic (exact) mass is 537 g/mol. The zero-order chi connectivity index (χ0) is 28.0. The van der Waals surface area contributed by atoms with Gasteiger partial charge in [0.2, 0.25) is 0 Å². The van der Waals surface area contributed by atoms with Crippen molar-refractivity contribution in [1.82, 2.24) is 19.5 Å². The number of fused-ring (bicyclic) bond motifs is 4. The lowest BCUT2D eigenvalue weighted by Gasteiger charge is -2.33. The normalized spacial score (nSPS) is 14.6. The molecule has 3 aromatic carbocycles. The van der Waals surface area contributed by atoms with Gasteiger partial charge in [-0.15, -0.1) is 0 Å². The van der Waals surface area contributed by atoms with Crippen molar-refractivity contribution in [3.63, 3.8) is 0 Å². The Balaban J connectivity index is 1.31. The minimum atomic E-state index is -0.552. The van der Waals surface area contributed by atoms with Gasteiger partial charge in [0.25, 0.3) is 11.5 Å². The fraction of sp³-hybridized carbons (Fsp3) is 0.290. The minimum absolute atomic E-state index is 0.0356. The third kappa shape index (κ3) is 4.90. The standard InChI is InChI=1S/C31H31N5O4/c1-31(2,3)40-30(39)35-15-13-20(14-16-35)25-18-26(37)33-28-27-23(9-6-10-24(27)34-36(25)28)32-29(38)22-12-11-19-7-4-5-8-21(19)17-22/h4-12,17-18,20H,13-16H2,1-3H3,(H,32,38)(H,33,37). The van der Waals surface area contributed by atoms with Gasteiger partial charge in [-0.3, -0.25) is 9.59 Å². The summed E-state index contributed by atoms with van der Waals surface area (Å²) in [5.74, 6) is -0.209. The van der Waals surface area contributed by atoms with Crippen molar-refractivity contribution < 1.29 is 14.3 Å². The summed E-state index contributed by atoms with van der Waals surface area (Å²) in [6.07, 6.45) is 1.04. The van der Waals surface area contributed by atoms with Crippen LogP contribution in [0.4, 0.5) is 10.5 Å². The van der Waals surface area contributed by atoms with E-state index in [1.807, 2.05) is 75.4 Å². The third-order valence-electron chi connectivity index (χ3n) is 7.29. The molecular weight excluding hydrogens is 506 g/mol. The van der Waals surface area contributed by atoms with Gasteiger partial charge in [0, 0.05) is 30.6 Å². The molecule has 1 saturated heterocycles. The van der Waals surface area contributed by atoms with E-state index >= 15 is 0 Å². The first kappa shape index (κ1) is 25.6. The second kappa shape index (κ2) is 9.82.